The number of nitrogens with one attached hydrogen (secondary N) is 3. The molecule has 7 heteroatoms. The Morgan fingerprint density at radius 1 is 0.912 bits per heavy atom. The van der Waals surface area contributed by atoms with Crippen molar-refractivity contribution in [3.63, 3.8) is 0 Å². The maximum atomic E-state index is 12.6. The molecule has 3 aromatic carbocycles. The topological polar surface area (TPSA) is 96.1 Å². The van der Waals surface area contributed by atoms with E-state index in [0.717, 1.165) is 29.4 Å². The van der Waals surface area contributed by atoms with Gasteiger partial charge >= 0.3 is 0 Å². The van der Waals surface area contributed by atoms with Gasteiger partial charge in [0.1, 0.15) is 11.6 Å². The zero-order chi connectivity index (χ0) is 23.5. The molecular formula is C27H26N4O3. The fourth-order valence-corrected chi connectivity index (χ4v) is 4.28. The summed E-state index contributed by atoms with van der Waals surface area (Å²) in [6, 6.07) is 20.2. The van der Waals surface area contributed by atoms with Crippen molar-refractivity contribution in [2.75, 3.05) is 12.4 Å². The van der Waals surface area contributed by atoms with Crippen LogP contribution in [0.4, 0.5) is 5.69 Å². The van der Waals surface area contributed by atoms with Crippen molar-refractivity contribution >= 4 is 28.5 Å². The molecular weight excluding hydrogens is 428 g/mol. The number of methoxy groups -OCH3 is 1. The van der Waals surface area contributed by atoms with Crippen molar-refractivity contribution in [2.45, 2.75) is 31.7 Å². The molecule has 0 radical (unpaired) electrons. The average Bonchev–Trinajstić information content (AvgIpc) is 3.54. The van der Waals surface area contributed by atoms with E-state index in [1.165, 1.54) is 12.8 Å². The fraction of sp³-hybridized carbons (Fsp3) is 0.222. The zero-order valence-corrected chi connectivity index (χ0v) is 18.9. The number of anilines is 1. The predicted molar refractivity (Wildman–Crippen MR) is 132 cm³/mol. The van der Waals surface area contributed by atoms with Gasteiger partial charge in [-0.1, -0.05) is 12.8 Å². The smallest absolute Gasteiger partial charge is 0.255 e. The highest BCUT2D eigenvalue weighted by atomic mass is 16.5. The Labute approximate surface area is 197 Å². The molecule has 34 heavy (non-hydrogen) atoms. The molecule has 1 heterocycles. The third-order valence-corrected chi connectivity index (χ3v) is 6.20. The third-order valence-electron chi connectivity index (χ3n) is 6.20. The molecule has 0 saturated heterocycles. The fourth-order valence-electron chi connectivity index (χ4n) is 4.28. The minimum Gasteiger partial charge on any atom is -0.497 e. The van der Waals surface area contributed by atoms with E-state index in [1.807, 2.05) is 42.5 Å². The first-order chi connectivity index (χ1) is 16.6. The summed E-state index contributed by atoms with van der Waals surface area (Å²) >= 11 is 0. The number of aromatic amines is 1. The van der Waals surface area contributed by atoms with Gasteiger partial charge in [0.05, 0.1) is 18.1 Å². The van der Waals surface area contributed by atoms with Gasteiger partial charge in [0, 0.05) is 28.4 Å². The van der Waals surface area contributed by atoms with Gasteiger partial charge < -0.3 is 20.4 Å². The second-order valence-corrected chi connectivity index (χ2v) is 8.53. The number of ether oxygens (including phenoxy) is 1. The lowest BCUT2D eigenvalue weighted by Crippen LogP contribution is -2.32. The molecule has 0 bridgehead atoms. The molecule has 7 nitrogen and oxygen atoms in total. The van der Waals surface area contributed by atoms with Gasteiger partial charge in [0.15, 0.2) is 0 Å². The van der Waals surface area contributed by atoms with Crippen LogP contribution in [0.3, 0.4) is 0 Å². The second kappa shape index (κ2) is 9.39. The Balaban J connectivity index is 1.28. The standard InChI is InChI=1S/C27H26N4O3/c1-34-22-13-8-18(9-14-22)26(32)29-21-11-6-17(7-12-21)25-30-23-15-10-19(16-24(23)31-25)27(33)28-20-4-2-3-5-20/h6-16,20H,2-5H2,1H3,(H,28,33)(H,29,32)(H,30,31). The Bertz CT molecular complexity index is 1320. The van der Waals surface area contributed by atoms with Crippen LogP contribution in [0.2, 0.25) is 0 Å². The summed E-state index contributed by atoms with van der Waals surface area (Å²) < 4.78 is 5.13. The molecule has 1 fully saturated rings. The van der Waals surface area contributed by atoms with E-state index in [-0.39, 0.29) is 17.9 Å². The van der Waals surface area contributed by atoms with E-state index >= 15 is 0 Å². The molecule has 0 spiro atoms. The van der Waals surface area contributed by atoms with E-state index in [4.69, 9.17) is 4.74 Å². The van der Waals surface area contributed by atoms with Crippen molar-refractivity contribution in [1.82, 2.24) is 15.3 Å². The molecule has 1 aliphatic rings. The molecule has 0 atom stereocenters. The van der Waals surface area contributed by atoms with E-state index < -0.39 is 0 Å². The highest BCUT2D eigenvalue weighted by Crippen LogP contribution is 2.24. The van der Waals surface area contributed by atoms with Crippen LogP contribution >= 0.6 is 0 Å². The number of H-pyrrole nitrogens is 1. The molecule has 3 N–H and O–H groups in total. The molecule has 172 valence electrons. The Morgan fingerprint density at radius 3 is 2.32 bits per heavy atom. The van der Waals surface area contributed by atoms with Crippen LogP contribution < -0.4 is 15.4 Å². The second-order valence-electron chi connectivity index (χ2n) is 8.53. The zero-order valence-electron chi connectivity index (χ0n) is 18.9. The minimum absolute atomic E-state index is 0.0399. The molecule has 0 aliphatic heterocycles. The molecule has 5 rings (SSSR count). The minimum atomic E-state index is -0.192. The summed E-state index contributed by atoms with van der Waals surface area (Å²) in [6.07, 6.45) is 4.47. The van der Waals surface area contributed by atoms with Crippen molar-refractivity contribution in [1.29, 1.82) is 0 Å². The monoisotopic (exact) mass is 454 g/mol. The lowest BCUT2D eigenvalue weighted by molar-refractivity contribution is 0.0937. The first kappa shape index (κ1) is 21.7. The van der Waals surface area contributed by atoms with Gasteiger partial charge in [-0.05, 0) is 79.6 Å². The van der Waals surface area contributed by atoms with Crippen LogP contribution in [0.15, 0.2) is 66.7 Å². The predicted octanol–water partition coefficient (Wildman–Crippen LogP) is 5.16. The Hall–Kier alpha value is -4.13. The average molecular weight is 455 g/mol. The summed E-state index contributed by atoms with van der Waals surface area (Å²) in [6.45, 7) is 0. The van der Waals surface area contributed by atoms with Crippen molar-refractivity contribution in [3.8, 4) is 17.1 Å². The molecule has 0 unspecified atom stereocenters. The first-order valence-corrected chi connectivity index (χ1v) is 11.5. The summed E-state index contributed by atoms with van der Waals surface area (Å²) in [4.78, 5) is 33.0. The maximum Gasteiger partial charge on any atom is 0.255 e. The van der Waals surface area contributed by atoms with Crippen LogP contribution in [0.1, 0.15) is 46.4 Å². The van der Waals surface area contributed by atoms with Crippen molar-refractivity contribution in [2.24, 2.45) is 0 Å². The summed E-state index contributed by atoms with van der Waals surface area (Å²) in [5.74, 6) is 1.18. The number of rotatable bonds is 6. The summed E-state index contributed by atoms with van der Waals surface area (Å²) in [7, 11) is 1.59. The normalized spacial score (nSPS) is 13.7. The number of benzene rings is 3. The largest absolute Gasteiger partial charge is 0.497 e. The Morgan fingerprint density at radius 2 is 1.62 bits per heavy atom. The van der Waals surface area contributed by atoms with Crippen LogP contribution in [-0.2, 0) is 0 Å². The third kappa shape index (κ3) is 4.64. The van der Waals surface area contributed by atoms with Gasteiger partial charge in [-0.25, -0.2) is 4.98 Å². The number of hydrogen-bond donors (Lipinski definition) is 3. The number of imidazole rings is 1. The number of hydrogen-bond acceptors (Lipinski definition) is 4. The quantitative estimate of drug-likeness (QED) is 0.375. The van der Waals surface area contributed by atoms with Crippen LogP contribution in [0.5, 0.6) is 5.75 Å². The SMILES string of the molecule is COc1ccc(C(=O)Nc2ccc(-c3nc4ccc(C(=O)NC5CCCC5)cc4[nH]3)cc2)cc1. The highest BCUT2D eigenvalue weighted by molar-refractivity contribution is 6.04. The Kier molecular flexibility index (Phi) is 5.99. The van der Waals surface area contributed by atoms with Crippen LogP contribution in [-0.4, -0.2) is 34.9 Å². The molecule has 4 aromatic rings. The molecule has 1 aliphatic carbocycles. The lowest BCUT2D eigenvalue weighted by Gasteiger charge is -2.11. The highest BCUT2D eigenvalue weighted by Gasteiger charge is 2.18. The van der Waals surface area contributed by atoms with E-state index in [1.54, 1.807) is 31.4 Å². The number of aromatic nitrogens is 2. The van der Waals surface area contributed by atoms with E-state index in [9.17, 15) is 9.59 Å². The molecule has 1 aromatic heterocycles. The number of carbonyl (C=O) groups is 2. The van der Waals surface area contributed by atoms with Crippen LogP contribution in [0, 0.1) is 0 Å². The van der Waals surface area contributed by atoms with Gasteiger partial charge in [-0.2, -0.15) is 0 Å². The van der Waals surface area contributed by atoms with Gasteiger partial charge in [-0.15, -0.1) is 0 Å². The van der Waals surface area contributed by atoms with Crippen LogP contribution in [0.25, 0.3) is 22.4 Å². The van der Waals surface area contributed by atoms with Gasteiger partial charge in [-0.3, -0.25) is 9.59 Å². The van der Waals surface area contributed by atoms with Crippen molar-refractivity contribution in [3.05, 3.63) is 77.9 Å². The molecule has 2 amide bonds. The number of carbonyl (C=O) groups excluding carboxylic acids is 2. The van der Waals surface area contributed by atoms with Gasteiger partial charge in [0.25, 0.3) is 11.8 Å². The summed E-state index contributed by atoms with van der Waals surface area (Å²) in [5, 5.41) is 6.02. The first-order valence-electron chi connectivity index (χ1n) is 11.5. The lowest BCUT2D eigenvalue weighted by atomic mass is 10.1. The number of nitrogens with zero attached hydrogens (tertiary/aromatic N) is 1. The molecule has 1 saturated carbocycles. The van der Waals surface area contributed by atoms with E-state index in [0.29, 0.717) is 28.4 Å². The number of fused-ring (bicyclic) bond motifs is 1. The van der Waals surface area contributed by atoms with Crippen molar-refractivity contribution < 1.29 is 14.3 Å². The maximum absolute atomic E-state index is 12.6. The summed E-state index contributed by atoms with van der Waals surface area (Å²) in [5.41, 5.74) is 4.36. The van der Waals surface area contributed by atoms with Gasteiger partial charge in [0.2, 0.25) is 0 Å². The van der Waals surface area contributed by atoms with E-state index in [2.05, 4.69) is 20.6 Å². The number of amides is 2.